The molecule has 1 N–H and O–H groups in total. The van der Waals surface area contributed by atoms with Crippen molar-refractivity contribution in [3.63, 3.8) is 0 Å². The predicted molar refractivity (Wildman–Crippen MR) is 108 cm³/mol. The van der Waals surface area contributed by atoms with Gasteiger partial charge in [0.25, 0.3) is 0 Å². The molecule has 0 aliphatic carbocycles. The summed E-state index contributed by atoms with van der Waals surface area (Å²) in [4.78, 5) is 14.1. The number of anilines is 1. The molecule has 1 amide bonds. The fraction of sp³-hybridized carbons (Fsp3) is 0.350. The lowest BCUT2D eigenvalue weighted by molar-refractivity contribution is -0.117. The minimum atomic E-state index is -2.92. The summed E-state index contributed by atoms with van der Waals surface area (Å²) in [6, 6.07) is 10.5. The number of nitrogens with one attached hydrogen (secondary N) is 1. The number of alkyl halides is 2. The van der Waals surface area contributed by atoms with Gasteiger partial charge in [-0.3, -0.25) is 9.69 Å². The molecular formula is C20H23BrF2N2O3. The largest absolute Gasteiger partial charge is 0.490 e. The first-order chi connectivity index (χ1) is 13.3. The van der Waals surface area contributed by atoms with Crippen LogP contribution in [0.4, 0.5) is 14.5 Å². The van der Waals surface area contributed by atoms with Crippen LogP contribution in [0.1, 0.15) is 18.1 Å². The van der Waals surface area contributed by atoms with Crippen LogP contribution >= 0.6 is 15.9 Å². The van der Waals surface area contributed by atoms with Gasteiger partial charge in [-0.25, -0.2) is 0 Å². The first kappa shape index (κ1) is 22.1. The van der Waals surface area contributed by atoms with Crippen LogP contribution in [0.3, 0.4) is 0 Å². The molecule has 0 saturated carbocycles. The third kappa shape index (κ3) is 6.76. The Morgan fingerprint density at radius 3 is 2.61 bits per heavy atom. The van der Waals surface area contributed by atoms with Crippen molar-refractivity contribution in [3.05, 3.63) is 52.0 Å². The molecule has 0 aromatic heterocycles. The summed E-state index contributed by atoms with van der Waals surface area (Å²) in [6.45, 7) is 1.75. The highest BCUT2D eigenvalue weighted by Crippen LogP contribution is 2.30. The van der Waals surface area contributed by atoms with E-state index < -0.39 is 6.61 Å². The van der Waals surface area contributed by atoms with Gasteiger partial charge in [0, 0.05) is 11.0 Å². The van der Waals surface area contributed by atoms with Gasteiger partial charge in [0.15, 0.2) is 11.5 Å². The van der Waals surface area contributed by atoms with Crippen LogP contribution in [0.2, 0.25) is 0 Å². The van der Waals surface area contributed by atoms with E-state index in [1.54, 1.807) is 26.1 Å². The fourth-order valence-corrected chi connectivity index (χ4v) is 3.23. The van der Waals surface area contributed by atoms with E-state index >= 15 is 0 Å². The van der Waals surface area contributed by atoms with Crippen LogP contribution < -0.4 is 14.8 Å². The number of carbonyl (C=O) groups is 1. The summed E-state index contributed by atoms with van der Waals surface area (Å²) in [5, 5.41) is 2.86. The maximum absolute atomic E-state index is 12.5. The molecule has 0 atom stereocenters. The summed E-state index contributed by atoms with van der Waals surface area (Å²) in [6.07, 6.45) is 0. The normalized spacial score (nSPS) is 11.0. The minimum absolute atomic E-state index is 0.00906. The lowest BCUT2D eigenvalue weighted by Crippen LogP contribution is -2.30. The molecule has 28 heavy (non-hydrogen) atoms. The zero-order chi connectivity index (χ0) is 20.7. The Morgan fingerprint density at radius 1 is 1.21 bits per heavy atom. The number of amides is 1. The Morgan fingerprint density at radius 2 is 1.96 bits per heavy atom. The summed E-state index contributed by atoms with van der Waals surface area (Å²) in [5.74, 6) is 0.0849. The van der Waals surface area contributed by atoms with Crippen molar-refractivity contribution >= 4 is 27.5 Å². The molecule has 0 radical (unpaired) electrons. The lowest BCUT2D eigenvalue weighted by Gasteiger charge is -2.18. The number of ether oxygens (including phenoxy) is 2. The fourth-order valence-electron chi connectivity index (χ4n) is 2.64. The molecule has 0 aliphatic heterocycles. The van der Waals surface area contributed by atoms with E-state index in [0.717, 1.165) is 15.6 Å². The first-order valence-corrected chi connectivity index (χ1v) is 9.53. The van der Waals surface area contributed by atoms with Crippen molar-refractivity contribution in [2.45, 2.75) is 27.0 Å². The molecule has 5 nitrogen and oxygen atoms in total. The molecule has 0 spiro atoms. The SMILES string of the molecule is CCOc1cc(CN(C)CC(=O)Nc2ccc(C)cc2Br)ccc1OC(F)F. The Balaban J connectivity index is 1.98. The zero-order valence-corrected chi connectivity index (χ0v) is 17.6. The van der Waals surface area contributed by atoms with Crippen molar-refractivity contribution in [2.24, 2.45) is 0 Å². The Kier molecular flexibility index (Phi) is 8.19. The quantitative estimate of drug-likeness (QED) is 0.587. The topological polar surface area (TPSA) is 50.8 Å². The smallest absolute Gasteiger partial charge is 0.387 e. The Hall–Kier alpha value is -2.19. The van der Waals surface area contributed by atoms with E-state index in [9.17, 15) is 13.6 Å². The molecule has 8 heteroatoms. The second kappa shape index (κ2) is 10.4. The van der Waals surface area contributed by atoms with Gasteiger partial charge in [-0.1, -0.05) is 12.1 Å². The average molecular weight is 457 g/mol. The van der Waals surface area contributed by atoms with Crippen LogP contribution in [0.5, 0.6) is 11.5 Å². The Labute approximate surface area is 171 Å². The second-order valence-corrected chi connectivity index (χ2v) is 7.15. The maximum atomic E-state index is 12.5. The number of rotatable bonds is 9. The van der Waals surface area contributed by atoms with E-state index in [0.29, 0.717) is 18.8 Å². The maximum Gasteiger partial charge on any atom is 0.387 e. The molecule has 0 heterocycles. The molecule has 2 aromatic carbocycles. The van der Waals surface area contributed by atoms with E-state index in [1.165, 1.54) is 6.07 Å². The van der Waals surface area contributed by atoms with E-state index in [1.807, 2.05) is 30.0 Å². The summed E-state index contributed by atoms with van der Waals surface area (Å²) in [7, 11) is 1.80. The highest BCUT2D eigenvalue weighted by molar-refractivity contribution is 9.10. The number of carbonyl (C=O) groups excluding carboxylic acids is 1. The van der Waals surface area contributed by atoms with Gasteiger partial charge in [-0.15, -0.1) is 0 Å². The van der Waals surface area contributed by atoms with Gasteiger partial charge in [0.05, 0.1) is 18.8 Å². The molecule has 0 unspecified atom stereocenters. The highest BCUT2D eigenvalue weighted by Gasteiger charge is 2.14. The van der Waals surface area contributed by atoms with Crippen LogP contribution in [-0.2, 0) is 11.3 Å². The van der Waals surface area contributed by atoms with Crippen molar-refractivity contribution < 1.29 is 23.0 Å². The molecule has 2 rings (SSSR count). The van der Waals surface area contributed by atoms with Gasteiger partial charge in [0.1, 0.15) is 0 Å². The Bertz CT molecular complexity index is 818. The van der Waals surface area contributed by atoms with Crippen LogP contribution in [-0.4, -0.2) is 37.6 Å². The van der Waals surface area contributed by atoms with Crippen LogP contribution in [0.15, 0.2) is 40.9 Å². The zero-order valence-electron chi connectivity index (χ0n) is 16.0. The number of hydrogen-bond donors (Lipinski definition) is 1. The molecule has 0 aliphatic rings. The van der Waals surface area contributed by atoms with E-state index in [4.69, 9.17) is 4.74 Å². The summed E-state index contributed by atoms with van der Waals surface area (Å²) >= 11 is 3.43. The van der Waals surface area contributed by atoms with Crippen molar-refractivity contribution in [2.75, 3.05) is 25.5 Å². The second-order valence-electron chi connectivity index (χ2n) is 6.30. The number of aryl methyl sites for hydroxylation is 1. The van der Waals surface area contributed by atoms with Crippen molar-refractivity contribution in [1.29, 1.82) is 0 Å². The summed E-state index contributed by atoms with van der Waals surface area (Å²) < 4.78 is 35.6. The van der Waals surface area contributed by atoms with Crippen LogP contribution in [0, 0.1) is 6.92 Å². The van der Waals surface area contributed by atoms with E-state index in [-0.39, 0.29) is 24.0 Å². The first-order valence-electron chi connectivity index (χ1n) is 8.73. The number of benzene rings is 2. The lowest BCUT2D eigenvalue weighted by atomic mass is 10.2. The molecule has 0 bridgehead atoms. The van der Waals surface area contributed by atoms with Gasteiger partial charge >= 0.3 is 6.61 Å². The van der Waals surface area contributed by atoms with Crippen molar-refractivity contribution in [1.82, 2.24) is 4.90 Å². The highest BCUT2D eigenvalue weighted by atomic mass is 79.9. The van der Waals surface area contributed by atoms with Gasteiger partial charge in [0.2, 0.25) is 5.91 Å². The van der Waals surface area contributed by atoms with Gasteiger partial charge < -0.3 is 14.8 Å². The predicted octanol–water partition coefficient (Wildman–Crippen LogP) is 4.83. The van der Waals surface area contributed by atoms with Crippen molar-refractivity contribution in [3.8, 4) is 11.5 Å². The number of hydrogen-bond acceptors (Lipinski definition) is 4. The summed E-state index contributed by atoms with van der Waals surface area (Å²) in [5.41, 5.74) is 2.61. The minimum Gasteiger partial charge on any atom is -0.490 e. The third-order valence-electron chi connectivity index (χ3n) is 3.79. The molecule has 152 valence electrons. The van der Waals surface area contributed by atoms with Crippen LogP contribution in [0.25, 0.3) is 0 Å². The van der Waals surface area contributed by atoms with Gasteiger partial charge in [-0.2, -0.15) is 8.78 Å². The standard InChI is InChI=1S/C20H23BrF2N2O3/c1-4-27-18-10-14(6-8-17(18)28-20(22)23)11-25(3)12-19(26)24-16-7-5-13(2)9-15(16)21/h5-10,20H,4,11-12H2,1-3H3,(H,24,26). The monoisotopic (exact) mass is 456 g/mol. The molecule has 2 aromatic rings. The number of nitrogens with zero attached hydrogens (tertiary/aromatic N) is 1. The third-order valence-corrected chi connectivity index (χ3v) is 4.44. The van der Waals surface area contributed by atoms with E-state index in [2.05, 4.69) is 26.0 Å². The number of halogens is 3. The molecule has 0 fully saturated rings. The van der Waals surface area contributed by atoms with Gasteiger partial charge in [-0.05, 0) is 72.2 Å². The molecular weight excluding hydrogens is 434 g/mol. The molecule has 0 saturated heterocycles. The number of likely N-dealkylation sites (N-methyl/N-ethyl adjacent to an activating group) is 1. The average Bonchev–Trinajstić information content (AvgIpc) is 2.59.